The van der Waals surface area contributed by atoms with E-state index in [1.165, 1.54) is 6.33 Å². The first kappa shape index (κ1) is 21.9. The number of halogens is 1. The van der Waals surface area contributed by atoms with Crippen molar-refractivity contribution in [1.29, 1.82) is 0 Å². The normalized spacial score (nSPS) is 16.1. The molecule has 4 rings (SSSR count). The molecule has 0 bridgehead atoms. The Hall–Kier alpha value is -3.32. The van der Waals surface area contributed by atoms with Crippen molar-refractivity contribution in [3.63, 3.8) is 0 Å². The molecule has 0 N–H and O–H groups in total. The van der Waals surface area contributed by atoms with Gasteiger partial charge in [-0.3, -0.25) is 4.79 Å². The van der Waals surface area contributed by atoms with Crippen LogP contribution in [0.25, 0.3) is 0 Å². The van der Waals surface area contributed by atoms with Crippen LogP contribution >= 0.6 is 11.6 Å². The molecule has 0 saturated carbocycles. The molecule has 1 unspecified atom stereocenters. The largest absolute Gasteiger partial charge is 0.497 e. The fraction of sp³-hybridized carbons (Fsp3) is 0.292. The second-order valence-electron chi connectivity index (χ2n) is 7.75. The van der Waals surface area contributed by atoms with Gasteiger partial charge in [-0.25, -0.2) is 9.97 Å². The van der Waals surface area contributed by atoms with Gasteiger partial charge in [0.05, 0.1) is 7.11 Å². The highest BCUT2D eigenvalue weighted by molar-refractivity contribution is 6.31. The van der Waals surface area contributed by atoms with E-state index in [-0.39, 0.29) is 11.9 Å². The predicted octanol–water partition coefficient (Wildman–Crippen LogP) is 4.59. The molecule has 1 aromatic heterocycles. The third kappa shape index (κ3) is 4.78. The Kier molecular flexibility index (Phi) is 6.46. The molecule has 1 aliphatic rings. The monoisotopic (exact) mass is 452 g/mol. The van der Waals surface area contributed by atoms with Crippen molar-refractivity contribution >= 4 is 23.3 Å². The number of benzene rings is 2. The van der Waals surface area contributed by atoms with Crippen molar-refractivity contribution in [1.82, 2.24) is 14.9 Å². The van der Waals surface area contributed by atoms with Crippen LogP contribution in [0.15, 0.2) is 54.9 Å². The van der Waals surface area contributed by atoms with Gasteiger partial charge in [0.1, 0.15) is 23.6 Å². The summed E-state index contributed by atoms with van der Waals surface area (Å²) in [7, 11) is 1.61. The molecule has 0 radical (unpaired) electrons. The lowest BCUT2D eigenvalue weighted by atomic mass is 10.1. The maximum atomic E-state index is 13.0. The molecule has 1 saturated heterocycles. The summed E-state index contributed by atoms with van der Waals surface area (Å²) in [6, 6.07) is 14.5. The van der Waals surface area contributed by atoms with E-state index < -0.39 is 0 Å². The molecule has 1 aliphatic heterocycles. The van der Waals surface area contributed by atoms with Gasteiger partial charge in [-0.15, -0.1) is 0 Å². The van der Waals surface area contributed by atoms with Gasteiger partial charge in [-0.05, 0) is 61.9 Å². The van der Waals surface area contributed by atoms with Gasteiger partial charge in [0, 0.05) is 42.3 Å². The molecule has 3 aromatic rings. The Morgan fingerprint density at radius 1 is 1.06 bits per heavy atom. The molecule has 8 heteroatoms. The molecular formula is C24H25ClN4O3. The van der Waals surface area contributed by atoms with Gasteiger partial charge in [-0.2, -0.15) is 0 Å². The highest BCUT2D eigenvalue weighted by Gasteiger charge is 2.29. The highest BCUT2D eigenvalue weighted by Crippen LogP contribution is 2.27. The number of nitrogens with zero attached hydrogens (tertiary/aromatic N) is 4. The van der Waals surface area contributed by atoms with Crippen LogP contribution < -0.4 is 14.4 Å². The Morgan fingerprint density at radius 2 is 1.81 bits per heavy atom. The lowest BCUT2D eigenvalue weighted by molar-refractivity contribution is 0.0673. The standard InChI is InChI=1S/C24H25ClN4O3/c1-16-12-20(8-9-21(16)25)32-23-13-22(26-15-27-23)28-10-11-29(17(2)14-28)24(30)18-4-6-19(31-3)7-5-18/h4-9,12-13,15,17H,10-11,14H2,1-3H3. The second kappa shape index (κ2) is 9.44. The van der Waals surface area contributed by atoms with E-state index in [1.54, 1.807) is 37.4 Å². The molecule has 1 amide bonds. The Labute approximate surface area is 192 Å². The van der Waals surface area contributed by atoms with Crippen LogP contribution in [0.3, 0.4) is 0 Å². The number of carbonyl (C=O) groups is 1. The Morgan fingerprint density at radius 3 is 2.50 bits per heavy atom. The lowest BCUT2D eigenvalue weighted by Crippen LogP contribution is -2.54. The number of hydrogen-bond acceptors (Lipinski definition) is 6. The average Bonchev–Trinajstić information content (AvgIpc) is 2.81. The first-order chi connectivity index (χ1) is 15.4. The summed E-state index contributed by atoms with van der Waals surface area (Å²) in [5.41, 5.74) is 1.59. The lowest BCUT2D eigenvalue weighted by Gasteiger charge is -2.40. The highest BCUT2D eigenvalue weighted by atomic mass is 35.5. The predicted molar refractivity (Wildman–Crippen MR) is 124 cm³/mol. The number of ether oxygens (including phenoxy) is 2. The van der Waals surface area contributed by atoms with Crippen molar-refractivity contribution in [2.45, 2.75) is 19.9 Å². The fourth-order valence-electron chi connectivity index (χ4n) is 3.73. The number of aryl methyl sites for hydroxylation is 1. The number of anilines is 1. The van der Waals surface area contributed by atoms with Crippen LogP contribution in [0.5, 0.6) is 17.4 Å². The third-order valence-electron chi connectivity index (χ3n) is 5.53. The topological polar surface area (TPSA) is 67.8 Å². The molecular weight excluding hydrogens is 428 g/mol. The Bertz CT molecular complexity index is 1110. The van der Waals surface area contributed by atoms with Gasteiger partial charge >= 0.3 is 0 Å². The SMILES string of the molecule is COc1ccc(C(=O)N2CCN(c3cc(Oc4ccc(Cl)c(C)c4)ncn3)CC2C)cc1. The number of aromatic nitrogens is 2. The van der Waals surface area contributed by atoms with Crippen molar-refractivity contribution < 1.29 is 14.3 Å². The van der Waals surface area contributed by atoms with Gasteiger partial charge in [0.15, 0.2) is 0 Å². The van der Waals surface area contributed by atoms with E-state index in [2.05, 4.69) is 14.9 Å². The first-order valence-corrected chi connectivity index (χ1v) is 10.8. The number of carbonyl (C=O) groups excluding carboxylic acids is 1. The van der Waals surface area contributed by atoms with Crippen LogP contribution in [0, 0.1) is 6.92 Å². The summed E-state index contributed by atoms with van der Waals surface area (Å²) in [4.78, 5) is 25.7. The fourth-order valence-corrected chi connectivity index (χ4v) is 3.84. The van der Waals surface area contributed by atoms with Gasteiger partial charge < -0.3 is 19.3 Å². The zero-order valence-electron chi connectivity index (χ0n) is 18.3. The molecule has 0 aliphatic carbocycles. The van der Waals surface area contributed by atoms with Crippen molar-refractivity contribution in [2.75, 3.05) is 31.6 Å². The molecule has 2 aromatic carbocycles. The molecule has 1 fully saturated rings. The van der Waals surface area contributed by atoms with E-state index in [0.717, 1.165) is 17.1 Å². The van der Waals surface area contributed by atoms with E-state index in [1.807, 2.05) is 36.9 Å². The zero-order chi connectivity index (χ0) is 22.7. The summed E-state index contributed by atoms with van der Waals surface area (Å²) >= 11 is 6.09. The summed E-state index contributed by atoms with van der Waals surface area (Å²) in [5.74, 6) is 2.64. The van der Waals surface area contributed by atoms with E-state index >= 15 is 0 Å². The first-order valence-electron chi connectivity index (χ1n) is 10.4. The molecule has 1 atom stereocenters. The maximum Gasteiger partial charge on any atom is 0.254 e. The Balaban J connectivity index is 1.43. The minimum Gasteiger partial charge on any atom is -0.497 e. The van der Waals surface area contributed by atoms with Gasteiger partial charge in [0.25, 0.3) is 5.91 Å². The number of rotatable bonds is 5. The molecule has 0 spiro atoms. The van der Waals surface area contributed by atoms with Crippen molar-refractivity contribution in [3.8, 4) is 17.4 Å². The van der Waals surface area contributed by atoms with Crippen LogP contribution in [0.1, 0.15) is 22.8 Å². The number of hydrogen-bond donors (Lipinski definition) is 0. The average molecular weight is 453 g/mol. The van der Waals surface area contributed by atoms with Crippen LogP contribution in [-0.2, 0) is 0 Å². The third-order valence-corrected chi connectivity index (χ3v) is 5.95. The summed E-state index contributed by atoms with van der Waals surface area (Å²) in [6.07, 6.45) is 1.49. The minimum atomic E-state index is 0.0182. The second-order valence-corrected chi connectivity index (χ2v) is 8.16. The van der Waals surface area contributed by atoms with Gasteiger partial charge in [-0.1, -0.05) is 11.6 Å². The van der Waals surface area contributed by atoms with Gasteiger partial charge in [0.2, 0.25) is 5.88 Å². The van der Waals surface area contributed by atoms with E-state index in [9.17, 15) is 4.79 Å². The number of piperazine rings is 1. The van der Waals surface area contributed by atoms with Crippen molar-refractivity contribution in [2.24, 2.45) is 0 Å². The van der Waals surface area contributed by atoms with Crippen LogP contribution in [0.2, 0.25) is 5.02 Å². The summed E-state index contributed by atoms with van der Waals surface area (Å²) < 4.78 is 11.1. The molecule has 32 heavy (non-hydrogen) atoms. The molecule has 166 valence electrons. The summed E-state index contributed by atoms with van der Waals surface area (Å²) in [5, 5.41) is 0.691. The number of methoxy groups -OCH3 is 1. The van der Waals surface area contributed by atoms with Crippen LogP contribution in [0.4, 0.5) is 5.82 Å². The molecule has 7 nitrogen and oxygen atoms in total. The van der Waals surface area contributed by atoms with Crippen LogP contribution in [-0.4, -0.2) is 53.6 Å². The van der Waals surface area contributed by atoms with E-state index in [4.69, 9.17) is 21.1 Å². The van der Waals surface area contributed by atoms with Crippen molar-refractivity contribution in [3.05, 3.63) is 71.0 Å². The minimum absolute atomic E-state index is 0.0182. The van der Waals surface area contributed by atoms with E-state index in [0.29, 0.717) is 41.8 Å². The quantitative estimate of drug-likeness (QED) is 0.564. The smallest absolute Gasteiger partial charge is 0.254 e. The number of amides is 1. The zero-order valence-corrected chi connectivity index (χ0v) is 19.0. The molecule has 2 heterocycles. The maximum absolute atomic E-state index is 13.0. The summed E-state index contributed by atoms with van der Waals surface area (Å²) in [6.45, 7) is 5.90.